The molecule has 23 heavy (non-hydrogen) atoms. The summed E-state index contributed by atoms with van der Waals surface area (Å²) in [6.07, 6.45) is 6.66. The topological polar surface area (TPSA) is 50.1 Å². The summed E-state index contributed by atoms with van der Waals surface area (Å²) in [7, 11) is 0. The van der Waals surface area contributed by atoms with Crippen molar-refractivity contribution in [1.29, 1.82) is 5.26 Å². The number of nitriles is 1. The Labute approximate surface area is 145 Å². The maximum absolute atomic E-state index is 12.8. The van der Waals surface area contributed by atoms with E-state index in [2.05, 4.69) is 22.0 Å². The third kappa shape index (κ3) is 2.70. The van der Waals surface area contributed by atoms with Crippen LogP contribution < -0.4 is 0 Å². The first-order valence-electron chi connectivity index (χ1n) is 8.36. The average Bonchev–Trinajstić information content (AvgIpc) is 2.50. The van der Waals surface area contributed by atoms with Crippen LogP contribution in [0.2, 0.25) is 0 Å². The van der Waals surface area contributed by atoms with E-state index in [1.54, 1.807) is 12.1 Å². The molecule has 4 fully saturated rings. The first-order chi connectivity index (χ1) is 11.0. The van der Waals surface area contributed by atoms with Gasteiger partial charge in [0.1, 0.15) is 6.61 Å². The van der Waals surface area contributed by atoms with Crippen LogP contribution in [0.1, 0.15) is 49.7 Å². The molecule has 1 aromatic rings. The normalized spacial score (nSPS) is 37.4. The van der Waals surface area contributed by atoms with Gasteiger partial charge in [-0.2, -0.15) is 5.26 Å². The van der Waals surface area contributed by atoms with Gasteiger partial charge in [-0.1, -0.05) is 28.1 Å². The van der Waals surface area contributed by atoms with Crippen molar-refractivity contribution in [3.05, 3.63) is 35.4 Å². The zero-order valence-electron chi connectivity index (χ0n) is 13.1. The molecule has 5 rings (SSSR count). The summed E-state index contributed by atoms with van der Waals surface area (Å²) >= 11 is 3.93. The number of alkyl halides is 1. The van der Waals surface area contributed by atoms with Crippen LogP contribution in [0.4, 0.5) is 0 Å². The first-order valence-corrected chi connectivity index (χ1v) is 9.15. The van der Waals surface area contributed by atoms with E-state index in [1.165, 1.54) is 19.3 Å². The lowest BCUT2D eigenvalue weighted by molar-refractivity contribution is -0.170. The number of rotatable bonds is 3. The SMILES string of the molecule is N#Cc1ccc(COC(=O)C23CC4CC(CC(Br)(C4)C2)C3)cc1. The molecule has 120 valence electrons. The molecule has 4 aliphatic carbocycles. The summed E-state index contributed by atoms with van der Waals surface area (Å²) in [6, 6.07) is 9.35. The van der Waals surface area contributed by atoms with Gasteiger partial charge >= 0.3 is 5.97 Å². The maximum atomic E-state index is 12.8. The third-order valence-corrected chi connectivity index (χ3v) is 6.80. The summed E-state index contributed by atoms with van der Waals surface area (Å²) < 4.78 is 5.86. The van der Waals surface area contributed by atoms with E-state index in [0.717, 1.165) is 24.8 Å². The van der Waals surface area contributed by atoms with E-state index >= 15 is 0 Å². The van der Waals surface area contributed by atoms with E-state index in [-0.39, 0.29) is 15.7 Å². The third-order valence-electron chi connectivity index (χ3n) is 5.88. The van der Waals surface area contributed by atoms with Gasteiger partial charge in [0.25, 0.3) is 0 Å². The molecule has 0 heterocycles. The largest absolute Gasteiger partial charge is 0.460 e. The number of ether oxygens (including phenoxy) is 1. The Bertz CT molecular complexity index is 662. The second-order valence-electron chi connectivity index (χ2n) is 7.78. The second kappa shape index (κ2) is 5.34. The van der Waals surface area contributed by atoms with Gasteiger partial charge in [0.2, 0.25) is 0 Å². The van der Waals surface area contributed by atoms with Crippen LogP contribution in [-0.2, 0) is 16.1 Å². The maximum Gasteiger partial charge on any atom is 0.312 e. The molecular weight excluding hydrogens is 354 g/mol. The Balaban J connectivity index is 1.45. The van der Waals surface area contributed by atoms with Crippen LogP contribution in [0.25, 0.3) is 0 Å². The molecule has 3 nitrogen and oxygen atoms in total. The van der Waals surface area contributed by atoms with Crippen molar-refractivity contribution in [3.8, 4) is 6.07 Å². The molecule has 0 spiro atoms. The highest BCUT2D eigenvalue weighted by Crippen LogP contribution is 2.64. The molecule has 4 heteroatoms. The van der Waals surface area contributed by atoms with Gasteiger partial charge in [-0.25, -0.2) is 0 Å². The van der Waals surface area contributed by atoms with Crippen molar-refractivity contribution >= 4 is 21.9 Å². The monoisotopic (exact) mass is 373 g/mol. The van der Waals surface area contributed by atoms with Crippen LogP contribution in [0, 0.1) is 28.6 Å². The van der Waals surface area contributed by atoms with Crippen LogP contribution in [-0.4, -0.2) is 10.3 Å². The molecule has 0 N–H and O–H groups in total. The minimum absolute atomic E-state index is 0.0141. The van der Waals surface area contributed by atoms with Gasteiger partial charge in [-0.05, 0) is 68.1 Å². The molecule has 4 bridgehead atoms. The van der Waals surface area contributed by atoms with Crippen molar-refractivity contribution in [2.45, 2.75) is 49.5 Å². The molecule has 0 aliphatic heterocycles. The van der Waals surface area contributed by atoms with Crippen molar-refractivity contribution in [2.24, 2.45) is 17.3 Å². The van der Waals surface area contributed by atoms with Gasteiger partial charge in [0.05, 0.1) is 17.0 Å². The van der Waals surface area contributed by atoms with Crippen LogP contribution in [0.15, 0.2) is 24.3 Å². The van der Waals surface area contributed by atoms with Gasteiger partial charge in [0.15, 0.2) is 0 Å². The van der Waals surface area contributed by atoms with Crippen LogP contribution >= 0.6 is 15.9 Å². The summed E-state index contributed by atoms with van der Waals surface area (Å²) in [5, 5.41) is 8.83. The lowest BCUT2D eigenvalue weighted by Crippen LogP contribution is -2.56. The van der Waals surface area contributed by atoms with Gasteiger partial charge < -0.3 is 4.74 Å². The highest BCUT2D eigenvalue weighted by atomic mass is 79.9. The Kier molecular flexibility index (Phi) is 3.53. The van der Waals surface area contributed by atoms with E-state index in [9.17, 15) is 4.79 Å². The van der Waals surface area contributed by atoms with Crippen molar-refractivity contribution in [3.63, 3.8) is 0 Å². The van der Waals surface area contributed by atoms with Crippen molar-refractivity contribution in [1.82, 2.24) is 0 Å². The highest BCUT2D eigenvalue weighted by Gasteiger charge is 2.60. The Hall–Kier alpha value is -1.34. The minimum atomic E-state index is -0.264. The number of carbonyl (C=O) groups is 1. The molecule has 4 aliphatic rings. The van der Waals surface area contributed by atoms with Gasteiger partial charge in [-0.3, -0.25) is 4.79 Å². The molecular formula is C19H20BrNO2. The Morgan fingerprint density at radius 1 is 1.22 bits per heavy atom. The number of hydrogen-bond donors (Lipinski definition) is 0. The Morgan fingerprint density at radius 3 is 2.43 bits per heavy atom. The van der Waals surface area contributed by atoms with Crippen molar-refractivity contribution < 1.29 is 9.53 Å². The predicted octanol–water partition coefficient (Wildman–Crippen LogP) is 4.34. The summed E-state index contributed by atoms with van der Waals surface area (Å²) in [5.74, 6) is 1.34. The van der Waals surface area contributed by atoms with Crippen LogP contribution in [0.5, 0.6) is 0 Å². The van der Waals surface area contributed by atoms with Gasteiger partial charge in [0, 0.05) is 4.32 Å². The number of halogens is 1. The van der Waals surface area contributed by atoms with E-state index in [1.807, 2.05) is 12.1 Å². The summed E-state index contributed by atoms with van der Waals surface area (Å²) in [5.41, 5.74) is 1.30. The molecule has 0 amide bonds. The van der Waals surface area contributed by atoms with E-state index in [4.69, 9.17) is 10.00 Å². The molecule has 0 aromatic heterocycles. The van der Waals surface area contributed by atoms with Crippen LogP contribution in [0.3, 0.4) is 0 Å². The fourth-order valence-corrected chi connectivity index (χ4v) is 6.82. The Morgan fingerprint density at radius 2 is 1.87 bits per heavy atom. The molecule has 0 radical (unpaired) electrons. The molecule has 2 unspecified atom stereocenters. The predicted molar refractivity (Wildman–Crippen MR) is 89.7 cm³/mol. The van der Waals surface area contributed by atoms with Gasteiger partial charge in [-0.15, -0.1) is 0 Å². The van der Waals surface area contributed by atoms with E-state index in [0.29, 0.717) is 24.0 Å². The lowest BCUT2D eigenvalue weighted by Gasteiger charge is -2.58. The van der Waals surface area contributed by atoms with E-state index < -0.39 is 0 Å². The quantitative estimate of drug-likeness (QED) is 0.584. The number of hydrogen-bond acceptors (Lipinski definition) is 3. The fraction of sp³-hybridized carbons (Fsp3) is 0.579. The van der Waals surface area contributed by atoms with Crippen molar-refractivity contribution in [2.75, 3.05) is 0 Å². The standard InChI is InChI=1S/C19H20BrNO2/c20-19-8-15-5-16(9-19)7-18(6-15,12-19)17(22)23-11-14-3-1-13(10-21)2-4-14/h1-4,15-16H,5-9,11-12H2. The molecule has 4 saturated carbocycles. The second-order valence-corrected chi connectivity index (χ2v) is 9.46. The number of nitrogens with zero attached hydrogens (tertiary/aromatic N) is 1. The first kappa shape index (κ1) is 15.2. The average molecular weight is 374 g/mol. The fourth-order valence-electron chi connectivity index (χ4n) is 5.37. The number of benzene rings is 1. The number of esters is 1. The molecule has 0 saturated heterocycles. The highest BCUT2D eigenvalue weighted by molar-refractivity contribution is 9.10. The summed E-state index contributed by atoms with van der Waals surface area (Å²) in [4.78, 5) is 12.8. The zero-order valence-corrected chi connectivity index (χ0v) is 14.6. The summed E-state index contributed by atoms with van der Waals surface area (Å²) in [6.45, 7) is 0.302. The minimum Gasteiger partial charge on any atom is -0.460 e. The zero-order chi connectivity index (χ0) is 16.1. The lowest BCUT2D eigenvalue weighted by atomic mass is 9.49. The smallest absolute Gasteiger partial charge is 0.312 e. The molecule has 2 atom stereocenters. The molecule has 1 aromatic carbocycles. The number of carbonyl (C=O) groups excluding carboxylic acids is 1.